The van der Waals surface area contributed by atoms with Gasteiger partial charge >= 0.3 is 0 Å². The van der Waals surface area contributed by atoms with E-state index in [-0.39, 0.29) is 5.91 Å². The number of hydrogen-bond donors (Lipinski definition) is 1. The van der Waals surface area contributed by atoms with E-state index in [0.29, 0.717) is 12.1 Å². The van der Waals surface area contributed by atoms with Gasteiger partial charge in [-0.1, -0.05) is 19.1 Å². The van der Waals surface area contributed by atoms with Gasteiger partial charge in [-0.3, -0.25) is 4.79 Å². The molecule has 0 bridgehead atoms. The Kier molecular flexibility index (Phi) is 4.32. The van der Waals surface area contributed by atoms with Gasteiger partial charge in [0, 0.05) is 6.54 Å². The predicted octanol–water partition coefficient (Wildman–Crippen LogP) is 3.11. The molecule has 0 radical (unpaired) electrons. The lowest BCUT2D eigenvalue weighted by Crippen LogP contribution is -2.22. The zero-order valence-electron chi connectivity index (χ0n) is 10.6. The van der Waals surface area contributed by atoms with E-state index in [1.807, 2.05) is 30.5 Å². The first-order valence-electron chi connectivity index (χ1n) is 6.08. The number of carbonyl (C=O) groups excluding carboxylic acids is 1. The van der Waals surface area contributed by atoms with Gasteiger partial charge in [-0.2, -0.15) is 5.26 Å². The van der Waals surface area contributed by atoms with Gasteiger partial charge in [0.15, 0.2) is 0 Å². The molecule has 1 amide bonds. The van der Waals surface area contributed by atoms with E-state index >= 15 is 0 Å². The molecule has 0 fully saturated rings. The molecule has 96 valence electrons. The van der Waals surface area contributed by atoms with E-state index in [9.17, 15) is 4.79 Å². The van der Waals surface area contributed by atoms with E-state index in [1.54, 1.807) is 12.1 Å². The second-order valence-electron chi connectivity index (χ2n) is 4.12. The monoisotopic (exact) mass is 270 g/mol. The lowest BCUT2D eigenvalue weighted by atomic mass is 10.1. The zero-order chi connectivity index (χ0) is 13.7. The summed E-state index contributed by atoms with van der Waals surface area (Å²) >= 11 is 1.46. The summed E-state index contributed by atoms with van der Waals surface area (Å²) in [6.07, 6.45) is 0.857. The Labute approximate surface area is 116 Å². The minimum Gasteiger partial charge on any atom is -0.347 e. The summed E-state index contributed by atoms with van der Waals surface area (Å²) in [5, 5.41) is 13.6. The van der Waals surface area contributed by atoms with Crippen molar-refractivity contribution in [3.8, 4) is 6.07 Å². The van der Waals surface area contributed by atoms with Gasteiger partial charge in [0.05, 0.1) is 16.5 Å². The van der Waals surface area contributed by atoms with Gasteiger partial charge in [-0.25, -0.2) is 0 Å². The standard InChI is InChI=1S/C15H14N2OS/c1-2-13-6-7-19-14(13)15(18)17-10-12-5-3-4-11(8-12)9-16/h3-8H,2,10H2,1H3,(H,17,18). The maximum atomic E-state index is 12.0. The van der Waals surface area contributed by atoms with Crippen LogP contribution in [0.3, 0.4) is 0 Å². The van der Waals surface area contributed by atoms with Crippen molar-refractivity contribution in [2.45, 2.75) is 19.9 Å². The molecule has 2 rings (SSSR count). The number of benzene rings is 1. The highest BCUT2D eigenvalue weighted by atomic mass is 32.1. The summed E-state index contributed by atoms with van der Waals surface area (Å²) in [6, 6.07) is 11.3. The predicted molar refractivity (Wildman–Crippen MR) is 76.0 cm³/mol. The molecule has 1 N–H and O–H groups in total. The highest BCUT2D eigenvalue weighted by molar-refractivity contribution is 7.12. The second kappa shape index (κ2) is 6.17. The molecule has 0 saturated carbocycles. The molecule has 3 nitrogen and oxygen atoms in total. The SMILES string of the molecule is CCc1ccsc1C(=O)NCc1cccc(C#N)c1. The van der Waals surface area contributed by atoms with Gasteiger partial charge in [-0.15, -0.1) is 11.3 Å². The third-order valence-corrected chi connectivity index (χ3v) is 3.80. The molecule has 0 aliphatic rings. The van der Waals surface area contributed by atoms with E-state index in [4.69, 9.17) is 5.26 Å². The fourth-order valence-electron chi connectivity index (χ4n) is 1.83. The topological polar surface area (TPSA) is 52.9 Å². The first kappa shape index (κ1) is 13.3. The molecule has 0 spiro atoms. The van der Waals surface area contributed by atoms with Crippen molar-refractivity contribution >= 4 is 17.2 Å². The van der Waals surface area contributed by atoms with Gasteiger partial charge in [0.1, 0.15) is 0 Å². The van der Waals surface area contributed by atoms with Crippen LogP contribution in [-0.2, 0) is 13.0 Å². The van der Waals surface area contributed by atoms with Crippen molar-refractivity contribution < 1.29 is 4.79 Å². The third kappa shape index (κ3) is 3.21. The van der Waals surface area contributed by atoms with Crippen LogP contribution in [0.2, 0.25) is 0 Å². The van der Waals surface area contributed by atoms with E-state index in [0.717, 1.165) is 22.4 Å². The van der Waals surface area contributed by atoms with Gasteiger partial charge in [0.25, 0.3) is 5.91 Å². The number of nitriles is 1. The minimum absolute atomic E-state index is 0.0470. The van der Waals surface area contributed by atoms with E-state index in [1.165, 1.54) is 11.3 Å². The van der Waals surface area contributed by atoms with Crippen molar-refractivity contribution in [1.82, 2.24) is 5.32 Å². The van der Waals surface area contributed by atoms with Crippen LogP contribution in [0.25, 0.3) is 0 Å². The quantitative estimate of drug-likeness (QED) is 0.928. The van der Waals surface area contributed by atoms with Gasteiger partial charge in [-0.05, 0) is 41.1 Å². The number of thiophene rings is 1. The Hall–Kier alpha value is -2.12. The van der Waals surface area contributed by atoms with Crippen LogP contribution in [0, 0.1) is 11.3 Å². The Morgan fingerprint density at radius 1 is 1.42 bits per heavy atom. The molecular formula is C15H14N2OS. The van der Waals surface area contributed by atoms with E-state index in [2.05, 4.69) is 11.4 Å². The largest absolute Gasteiger partial charge is 0.347 e. The number of carbonyl (C=O) groups is 1. The third-order valence-electron chi connectivity index (χ3n) is 2.84. The van der Waals surface area contributed by atoms with Crippen molar-refractivity contribution in [3.05, 3.63) is 57.3 Å². The number of nitrogens with zero attached hydrogens (tertiary/aromatic N) is 1. The smallest absolute Gasteiger partial charge is 0.261 e. The van der Waals surface area contributed by atoms with Gasteiger partial charge in [0.2, 0.25) is 0 Å². The van der Waals surface area contributed by atoms with Crippen molar-refractivity contribution in [2.75, 3.05) is 0 Å². The molecule has 1 heterocycles. The Balaban J connectivity index is 2.03. The molecule has 4 heteroatoms. The van der Waals surface area contributed by atoms with Gasteiger partial charge < -0.3 is 5.32 Å². The number of rotatable bonds is 4. The summed E-state index contributed by atoms with van der Waals surface area (Å²) in [7, 11) is 0. The Bertz CT molecular complexity index is 625. The molecule has 1 aromatic heterocycles. The van der Waals surface area contributed by atoms with Crippen LogP contribution in [-0.4, -0.2) is 5.91 Å². The molecule has 0 atom stereocenters. The fourth-order valence-corrected chi connectivity index (χ4v) is 2.74. The first-order chi connectivity index (χ1) is 9.24. The molecular weight excluding hydrogens is 256 g/mol. The molecule has 1 aromatic carbocycles. The Morgan fingerprint density at radius 3 is 3.00 bits per heavy atom. The highest BCUT2D eigenvalue weighted by Crippen LogP contribution is 2.17. The average Bonchev–Trinajstić information content (AvgIpc) is 2.93. The second-order valence-corrected chi connectivity index (χ2v) is 5.04. The molecule has 0 aliphatic heterocycles. The fraction of sp³-hybridized carbons (Fsp3) is 0.200. The van der Waals surface area contributed by atoms with Crippen molar-refractivity contribution in [1.29, 1.82) is 5.26 Å². The molecule has 19 heavy (non-hydrogen) atoms. The summed E-state index contributed by atoms with van der Waals surface area (Å²) in [5.74, 6) is -0.0470. The van der Waals surface area contributed by atoms with Crippen LogP contribution >= 0.6 is 11.3 Å². The van der Waals surface area contributed by atoms with Crippen LogP contribution in [0.5, 0.6) is 0 Å². The molecule has 0 saturated heterocycles. The molecule has 2 aromatic rings. The Morgan fingerprint density at radius 2 is 2.26 bits per heavy atom. The summed E-state index contributed by atoms with van der Waals surface area (Å²) in [4.78, 5) is 12.8. The average molecular weight is 270 g/mol. The number of hydrogen-bond acceptors (Lipinski definition) is 3. The number of nitrogens with one attached hydrogen (secondary N) is 1. The maximum Gasteiger partial charge on any atom is 0.261 e. The van der Waals surface area contributed by atoms with Crippen LogP contribution < -0.4 is 5.32 Å². The summed E-state index contributed by atoms with van der Waals surface area (Å²) in [6.45, 7) is 2.48. The maximum absolute atomic E-state index is 12.0. The number of amides is 1. The summed E-state index contributed by atoms with van der Waals surface area (Å²) in [5.41, 5.74) is 2.62. The van der Waals surface area contributed by atoms with E-state index < -0.39 is 0 Å². The molecule has 0 aliphatic carbocycles. The molecule has 0 unspecified atom stereocenters. The van der Waals surface area contributed by atoms with Crippen molar-refractivity contribution in [2.24, 2.45) is 0 Å². The minimum atomic E-state index is -0.0470. The van der Waals surface area contributed by atoms with Crippen LogP contribution in [0.1, 0.15) is 33.3 Å². The lowest BCUT2D eigenvalue weighted by Gasteiger charge is -2.05. The van der Waals surface area contributed by atoms with Crippen molar-refractivity contribution in [3.63, 3.8) is 0 Å². The van der Waals surface area contributed by atoms with Crippen LogP contribution in [0.15, 0.2) is 35.7 Å². The zero-order valence-corrected chi connectivity index (χ0v) is 11.5. The first-order valence-corrected chi connectivity index (χ1v) is 6.96. The lowest BCUT2D eigenvalue weighted by molar-refractivity contribution is 0.0954. The number of aryl methyl sites for hydroxylation is 1. The highest BCUT2D eigenvalue weighted by Gasteiger charge is 2.11. The van der Waals surface area contributed by atoms with Crippen LogP contribution in [0.4, 0.5) is 0 Å². The normalized spacial score (nSPS) is 9.89. The summed E-state index contributed by atoms with van der Waals surface area (Å²) < 4.78 is 0.